The number of aryl methyl sites for hydroxylation is 1. The number of hydrogen-bond acceptors (Lipinski definition) is 2. The monoisotopic (exact) mass is 321 g/mol. The van der Waals surface area contributed by atoms with Gasteiger partial charge in [-0.25, -0.2) is 0 Å². The van der Waals surface area contributed by atoms with Crippen molar-refractivity contribution in [2.75, 3.05) is 39.8 Å². The summed E-state index contributed by atoms with van der Waals surface area (Å²) in [6, 6.07) is 4.24. The second-order valence-corrected chi connectivity index (χ2v) is 5.94. The van der Waals surface area contributed by atoms with E-state index in [1.807, 2.05) is 0 Å². The first-order chi connectivity index (χ1) is 11.1. The SMILES string of the molecule is CCNC(=NCCCCN(CC)CC)N(C)Cc1cccn1C. The van der Waals surface area contributed by atoms with E-state index in [0.717, 1.165) is 45.1 Å². The van der Waals surface area contributed by atoms with E-state index < -0.39 is 0 Å². The highest BCUT2D eigenvalue weighted by atomic mass is 15.3. The van der Waals surface area contributed by atoms with Crippen LogP contribution in [0, 0.1) is 0 Å². The predicted octanol–water partition coefficient (Wildman–Crippen LogP) is 2.54. The third-order valence-corrected chi connectivity index (χ3v) is 4.19. The molecule has 0 unspecified atom stereocenters. The summed E-state index contributed by atoms with van der Waals surface area (Å²) in [4.78, 5) is 9.44. The molecule has 0 aliphatic carbocycles. The zero-order chi connectivity index (χ0) is 17.1. The van der Waals surface area contributed by atoms with Crippen molar-refractivity contribution in [3.63, 3.8) is 0 Å². The number of hydrogen-bond donors (Lipinski definition) is 1. The summed E-state index contributed by atoms with van der Waals surface area (Å²) in [7, 11) is 4.19. The van der Waals surface area contributed by atoms with E-state index in [1.54, 1.807) is 0 Å². The molecule has 0 aromatic carbocycles. The van der Waals surface area contributed by atoms with E-state index in [0.29, 0.717) is 0 Å². The van der Waals surface area contributed by atoms with Crippen molar-refractivity contribution >= 4 is 5.96 Å². The third kappa shape index (κ3) is 7.08. The van der Waals surface area contributed by atoms with Crippen molar-refractivity contribution in [3.8, 4) is 0 Å². The van der Waals surface area contributed by atoms with Gasteiger partial charge in [0.2, 0.25) is 0 Å². The van der Waals surface area contributed by atoms with Gasteiger partial charge >= 0.3 is 0 Å². The van der Waals surface area contributed by atoms with Gasteiger partial charge in [0.1, 0.15) is 0 Å². The molecule has 132 valence electrons. The lowest BCUT2D eigenvalue weighted by Gasteiger charge is -2.22. The van der Waals surface area contributed by atoms with Crippen molar-refractivity contribution in [3.05, 3.63) is 24.0 Å². The largest absolute Gasteiger partial charge is 0.357 e. The molecule has 1 N–H and O–H groups in total. The lowest BCUT2D eigenvalue weighted by Crippen LogP contribution is -2.38. The Morgan fingerprint density at radius 1 is 1.22 bits per heavy atom. The molecule has 1 rings (SSSR count). The number of guanidine groups is 1. The Morgan fingerprint density at radius 2 is 1.96 bits per heavy atom. The molecule has 0 bridgehead atoms. The van der Waals surface area contributed by atoms with Crippen LogP contribution in [0.15, 0.2) is 23.3 Å². The van der Waals surface area contributed by atoms with Gasteiger partial charge in [-0.05, 0) is 51.5 Å². The highest BCUT2D eigenvalue weighted by Gasteiger charge is 2.08. The number of aromatic nitrogens is 1. The summed E-state index contributed by atoms with van der Waals surface area (Å²) in [5.41, 5.74) is 1.29. The number of nitrogens with one attached hydrogen (secondary N) is 1. The van der Waals surface area contributed by atoms with Crippen molar-refractivity contribution in [1.29, 1.82) is 0 Å². The fourth-order valence-electron chi connectivity index (χ4n) is 2.62. The summed E-state index contributed by atoms with van der Waals surface area (Å²) < 4.78 is 2.16. The van der Waals surface area contributed by atoms with E-state index in [1.165, 1.54) is 18.7 Å². The molecule has 23 heavy (non-hydrogen) atoms. The summed E-state index contributed by atoms with van der Waals surface area (Å²) in [5.74, 6) is 0.997. The van der Waals surface area contributed by atoms with Crippen molar-refractivity contribution < 1.29 is 0 Å². The molecule has 1 aromatic rings. The Labute approximate surface area is 142 Å². The molecule has 0 amide bonds. The fourth-order valence-corrected chi connectivity index (χ4v) is 2.62. The summed E-state index contributed by atoms with van der Waals surface area (Å²) in [6.45, 7) is 12.7. The van der Waals surface area contributed by atoms with Crippen LogP contribution >= 0.6 is 0 Å². The first-order valence-corrected chi connectivity index (χ1v) is 8.94. The topological polar surface area (TPSA) is 35.8 Å². The fraction of sp³-hybridized carbons (Fsp3) is 0.722. The Kier molecular flexibility index (Phi) is 9.45. The van der Waals surface area contributed by atoms with Gasteiger partial charge in [-0.1, -0.05) is 13.8 Å². The number of nitrogens with zero attached hydrogens (tertiary/aromatic N) is 4. The maximum atomic E-state index is 4.78. The maximum Gasteiger partial charge on any atom is 0.194 e. The van der Waals surface area contributed by atoms with E-state index in [9.17, 15) is 0 Å². The molecule has 0 atom stereocenters. The van der Waals surface area contributed by atoms with Gasteiger partial charge in [0.05, 0.1) is 6.54 Å². The van der Waals surface area contributed by atoms with Crippen molar-refractivity contribution in [2.45, 2.75) is 40.2 Å². The minimum absolute atomic E-state index is 0.870. The lowest BCUT2D eigenvalue weighted by molar-refractivity contribution is 0.297. The zero-order valence-electron chi connectivity index (χ0n) is 15.7. The van der Waals surface area contributed by atoms with Gasteiger partial charge in [0, 0.05) is 39.1 Å². The van der Waals surface area contributed by atoms with Crippen LogP contribution in [0.5, 0.6) is 0 Å². The minimum Gasteiger partial charge on any atom is -0.357 e. The molecule has 0 spiro atoms. The third-order valence-electron chi connectivity index (χ3n) is 4.19. The quantitative estimate of drug-likeness (QED) is 0.409. The molecule has 1 aromatic heterocycles. The summed E-state index contributed by atoms with van der Waals surface area (Å²) in [6.07, 6.45) is 4.44. The normalized spacial score (nSPS) is 12.0. The lowest BCUT2D eigenvalue weighted by atomic mass is 10.3. The highest BCUT2D eigenvalue weighted by molar-refractivity contribution is 5.79. The van der Waals surface area contributed by atoms with Crippen LogP contribution in [0.3, 0.4) is 0 Å². The summed E-state index contributed by atoms with van der Waals surface area (Å²) in [5, 5.41) is 3.39. The second-order valence-electron chi connectivity index (χ2n) is 5.94. The van der Waals surface area contributed by atoms with Crippen LogP contribution in [0.2, 0.25) is 0 Å². The first-order valence-electron chi connectivity index (χ1n) is 8.94. The van der Waals surface area contributed by atoms with Gasteiger partial charge in [0.25, 0.3) is 0 Å². The average Bonchev–Trinajstić information content (AvgIpc) is 2.94. The Morgan fingerprint density at radius 3 is 2.52 bits per heavy atom. The Balaban J connectivity index is 2.44. The molecular formula is C18H35N5. The van der Waals surface area contributed by atoms with E-state index in [-0.39, 0.29) is 0 Å². The second kappa shape index (κ2) is 11.1. The van der Waals surface area contributed by atoms with Gasteiger partial charge in [-0.15, -0.1) is 0 Å². The van der Waals surface area contributed by atoms with Crippen LogP contribution in [0.1, 0.15) is 39.3 Å². The van der Waals surface area contributed by atoms with Crippen LogP contribution in [0.25, 0.3) is 0 Å². The zero-order valence-corrected chi connectivity index (χ0v) is 15.7. The number of aliphatic imine (C=N–C) groups is 1. The van der Waals surface area contributed by atoms with Crippen molar-refractivity contribution in [2.24, 2.45) is 12.0 Å². The number of unbranched alkanes of at least 4 members (excludes halogenated alkanes) is 1. The summed E-state index contributed by atoms with van der Waals surface area (Å²) >= 11 is 0. The van der Waals surface area contributed by atoms with Gasteiger partial charge < -0.3 is 19.7 Å². The molecule has 0 saturated heterocycles. The van der Waals surface area contributed by atoms with Gasteiger partial charge in [-0.3, -0.25) is 4.99 Å². The molecular weight excluding hydrogens is 286 g/mol. The molecule has 0 aliphatic heterocycles. The van der Waals surface area contributed by atoms with E-state index in [4.69, 9.17) is 4.99 Å². The minimum atomic E-state index is 0.870. The average molecular weight is 322 g/mol. The smallest absolute Gasteiger partial charge is 0.194 e. The number of rotatable bonds is 10. The van der Waals surface area contributed by atoms with Crippen LogP contribution in [-0.4, -0.2) is 60.1 Å². The van der Waals surface area contributed by atoms with Crippen molar-refractivity contribution in [1.82, 2.24) is 19.7 Å². The molecule has 1 heterocycles. The highest BCUT2D eigenvalue weighted by Crippen LogP contribution is 2.04. The Bertz CT molecular complexity index is 448. The van der Waals surface area contributed by atoms with Gasteiger partial charge in [-0.2, -0.15) is 0 Å². The predicted molar refractivity (Wildman–Crippen MR) is 99.9 cm³/mol. The van der Waals surface area contributed by atoms with Gasteiger partial charge in [0.15, 0.2) is 5.96 Å². The van der Waals surface area contributed by atoms with Crippen LogP contribution in [-0.2, 0) is 13.6 Å². The molecule has 0 fully saturated rings. The molecule has 0 saturated carbocycles. The maximum absolute atomic E-state index is 4.78. The molecule has 0 aliphatic rings. The van der Waals surface area contributed by atoms with E-state index >= 15 is 0 Å². The van der Waals surface area contributed by atoms with Crippen LogP contribution < -0.4 is 5.32 Å². The van der Waals surface area contributed by atoms with E-state index in [2.05, 4.69) is 72.9 Å². The first kappa shape index (κ1) is 19.6. The molecule has 5 nitrogen and oxygen atoms in total. The molecule has 0 radical (unpaired) electrons. The molecule has 5 heteroatoms. The standard InChI is InChI=1S/C18H35N5/c1-6-19-18(20-13-9-10-15-23(7-2)8-3)22(5)16-17-12-11-14-21(17)4/h11-12,14H,6-10,13,15-16H2,1-5H3,(H,19,20). The van der Waals surface area contributed by atoms with Crippen LogP contribution in [0.4, 0.5) is 0 Å². The Hall–Kier alpha value is -1.49.